The molecule has 0 aliphatic carbocycles. The number of rotatable bonds is 6. The average molecular weight is 376 g/mol. The number of aromatic nitrogens is 1. The minimum Gasteiger partial charge on any atom is -0.347 e. The van der Waals surface area contributed by atoms with E-state index in [4.69, 9.17) is 0 Å². The van der Waals surface area contributed by atoms with Crippen LogP contribution in [0.1, 0.15) is 29.2 Å². The summed E-state index contributed by atoms with van der Waals surface area (Å²) in [6, 6.07) is 5.84. The van der Waals surface area contributed by atoms with Gasteiger partial charge in [0.25, 0.3) is 0 Å². The van der Waals surface area contributed by atoms with Gasteiger partial charge in [0.15, 0.2) is 5.13 Å². The predicted octanol–water partition coefficient (Wildman–Crippen LogP) is 2.05. The van der Waals surface area contributed by atoms with Crippen molar-refractivity contribution in [3.05, 3.63) is 46.7 Å². The third-order valence-corrected chi connectivity index (χ3v) is 5.29. The number of carbonyl (C=O) groups excluding carboxylic acids is 2. The van der Waals surface area contributed by atoms with Crippen molar-refractivity contribution in [2.24, 2.45) is 0 Å². The minimum absolute atomic E-state index is 0.0299. The van der Waals surface area contributed by atoms with Crippen molar-refractivity contribution in [2.45, 2.75) is 25.2 Å². The topological polar surface area (TPSA) is 83.1 Å². The second-order valence-electron chi connectivity index (χ2n) is 6.22. The molecule has 8 heteroatoms. The van der Waals surface area contributed by atoms with Crippen LogP contribution in [0.25, 0.3) is 0 Å². The summed E-state index contributed by atoms with van der Waals surface area (Å²) in [6.45, 7) is 1.86. The molecule has 2 heterocycles. The zero-order valence-corrected chi connectivity index (χ0v) is 15.1. The molecule has 1 aromatic carbocycles. The lowest BCUT2D eigenvalue weighted by atomic mass is 9.97. The van der Waals surface area contributed by atoms with Gasteiger partial charge in [-0.25, -0.2) is 9.37 Å². The molecule has 2 amide bonds. The molecule has 3 N–H and O–H groups in total. The van der Waals surface area contributed by atoms with Gasteiger partial charge in [-0.3, -0.25) is 9.59 Å². The van der Waals surface area contributed by atoms with Crippen LogP contribution in [0, 0.1) is 5.82 Å². The molecule has 6 nitrogen and oxygen atoms in total. The Kier molecular flexibility index (Phi) is 6.30. The van der Waals surface area contributed by atoms with E-state index in [0.717, 1.165) is 25.9 Å². The number of hydrogen-bond acceptors (Lipinski definition) is 5. The van der Waals surface area contributed by atoms with Gasteiger partial charge in [0.05, 0.1) is 13.0 Å². The molecule has 0 radical (unpaired) electrons. The van der Waals surface area contributed by atoms with Gasteiger partial charge in [-0.05, 0) is 49.5 Å². The van der Waals surface area contributed by atoms with Crippen molar-refractivity contribution in [3.8, 4) is 0 Å². The first-order chi connectivity index (χ1) is 12.6. The fourth-order valence-electron chi connectivity index (χ4n) is 2.88. The molecule has 1 aliphatic heterocycles. The van der Waals surface area contributed by atoms with Gasteiger partial charge in [-0.2, -0.15) is 0 Å². The standard InChI is InChI=1S/C18H21FN4O2S/c19-14-3-1-2-12(8-14)9-16(24)21-11-17(25)23-18-22-10-15(26-18)13-4-6-20-7-5-13/h1-3,8,10,13,20H,4-7,9,11H2,(H,21,24)(H,22,23,25). The number of halogens is 1. The molecule has 26 heavy (non-hydrogen) atoms. The Hall–Kier alpha value is -2.32. The summed E-state index contributed by atoms with van der Waals surface area (Å²) in [5, 5.41) is 9.11. The lowest BCUT2D eigenvalue weighted by Crippen LogP contribution is -2.33. The lowest BCUT2D eigenvalue weighted by molar-refractivity contribution is -0.123. The SMILES string of the molecule is O=C(Cc1cccc(F)c1)NCC(=O)Nc1ncc(C2CCNCC2)s1. The maximum atomic E-state index is 13.1. The third kappa shape index (κ3) is 5.34. The van der Waals surface area contributed by atoms with Crippen LogP contribution in [0.4, 0.5) is 9.52 Å². The molecule has 2 aromatic rings. The first kappa shape index (κ1) is 18.5. The van der Waals surface area contributed by atoms with Gasteiger partial charge in [-0.15, -0.1) is 11.3 Å². The van der Waals surface area contributed by atoms with Crippen LogP contribution in [-0.4, -0.2) is 36.4 Å². The molecule has 1 aromatic heterocycles. The van der Waals surface area contributed by atoms with Gasteiger partial charge >= 0.3 is 0 Å². The molecule has 0 saturated carbocycles. The number of piperidine rings is 1. The summed E-state index contributed by atoms with van der Waals surface area (Å²) in [5.41, 5.74) is 0.564. The number of anilines is 1. The van der Waals surface area contributed by atoms with Crippen LogP contribution in [-0.2, 0) is 16.0 Å². The molecular formula is C18H21FN4O2S. The van der Waals surface area contributed by atoms with Crippen molar-refractivity contribution >= 4 is 28.3 Å². The predicted molar refractivity (Wildman–Crippen MR) is 98.7 cm³/mol. The Bertz CT molecular complexity index is 774. The Morgan fingerprint density at radius 1 is 1.27 bits per heavy atom. The van der Waals surface area contributed by atoms with Gasteiger partial charge in [-0.1, -0.05) is 12.1 Å². The molecule has 3 rings (SSSR count). The van der Waals surface area contributed by atoms with Crippen molar-refractivity contribution in [1.82, 2.24) is 15.6 Å². The minimum atomic E-state index is -0.388. The smallest absolute Gasteiger partial charge is 0.245 e. The molecule has 0 unspecified atom stereocenters. The van der Waals surface area contributed by atoms with Gasteiger partial charge < -0.3 is 16.0 Å². The van der Waals surface area contributed by atoms with Gasteiger partial charge in [0.2, 0.25) is 11.8 Å². The highest BCUT2D eigenvalue weighted by Gasteiger charge is 2.18. The summed E-state index contributed by atoms with van der Waals surface area (Å²) >= 11 is 1.48. The summed E-state index contributed by atoms with van der Waals surface area (Å²) < 4.78 is 13.1. The second kappa shape index (κ2) is 8.86. The lowest BCUT2D eigenvalue weighted by Gasteiger charge is -2.20. The Labute approximate surface area is 155 Å². The third-order valence-electron chi connectivity index (χ3n) is 4.21. The van der Waals surface area contributed by atoms with E-state index in [1.165, 1.54) is 28.3 Å². The maximum Gasteiger partial charge on any atom is 0.245 e. The monoisotopic (exact) mass is 376 g/mol. The molecule has 1 fully saturated rings. The van der Waals surface area contributed by atoms with E-state index in [9.17, 15) is 14.0 Å². The number of benzene rings is 1. The van der Waals surface area contributed by atoms with Crippen molar-refractivity contribution in [3.63, 3.8) is 0 Å². The number of amides is 2. The van der Waals surface area contributed by atoms with Crippen molar-refractivity contribution < 1.29 is 14.0 Å². The van der Waals surface area contributed by atoms with Gasteiger partial charge in [0.1, 0.15) is 5.82 Å². The highest BCUT2D eigenvalue weighted by atomic mass is 32.1. The molecule has 1 aliphatic rings. The van der Waals surface area contributed by atoms with E-state index < -0.39 is 0 Å². The van der Waals surface area contributed by atoms with E-state index in [1.807, 2.05) is 6.20 Å². The van der Waals surface area contributed by atoms with E-state index in [2.05, 4.69) is 20.9 Å². The van der Waals surface area contributed by atoms with Crippen LogP contribution in [0.2, 0.25) is 0 Å². The summed E-state index contributed by atoms with van der Waals surface area (Å²) in [7, 11) is 0. The first-order valence-electron chi connectivity index (χ1n) is 8.57. The molecular weight excluding hydrogens is 355 g/mol. The fourth-order valence-corrected chi connectivity index (χ4v) is 3.88. The van der Waals surface area contributed by atoms with E-state index >= 15 is 0 Å². The largest absolute Gasteiger partial charge is 0.347 e. The van der Waals surface area contributed by atoms with Crippen LogP contribution in [0.15, 0.2) is 30.5 Å². The molecule has 0 bridgehead atoms. The normalized spacial score (nSPS) is 14.8. The number of nitrogens with zero attached hydrogens (tertiary/aromatic N) is 1. The average Bonchev–Trinajstić information content (AvgIpc) is 3.09. The quantitative estimate of drug-likeness (QED) is 0.721. The van der Waals surface area contributed by atoms with Crippen LogP contribution >= 0.6 is 11.3 Å². The molecule has 1 saturated heterocycles. The number of nitrogens with one attached hydrogen (secondary N) is 3. The van der Waals surface area contributed by atoms with E-state index in [1.54, 1.807) is 12.1 Å². The van der Waals surface area contributed by atoms with E-state index in [0.29, 0.717) is 16.6 Å². The second-order valence-corrected chi connectivity index (χ2v) is 7.29. The Morgan fingerprint density at radius 2 is 2.08 bits per heavy atom. The maximum absolute atomic E-state index is 13.1. The highest BCUT2D eigenvalue weighted by molar-refractivity contribution is 7.15. The number of hydrogen-bond donors (Lipinski definition) is 3. The van der Waals surface area contributed by atoms with Crippen LogP contribution < -0.4 is 16.0 Å². The van der Waals surface area contributed by atoms with Crippen molar-refractivity contribution in [2.75, 3.05) is 25.0 Å². The molecule has 0 spiro atoms. The summed E-state index contributed by atoms with van der Waals surface area (Å²) in [4.78, 5) is 29.3. The van der Waals surface area contributed by atoms with Crippen LogP contribution in [0.3, 0.4) is 0 Å². The summed E-state index contributed by atoms with van der Waals surface area (Å²) in [5.74, 6) is -0.559. The summed E-state index contributed by atoms with van der Waals surface area (Å²) in [6.07, 6.45) is 4.00. The number of thiazole rings is 1. The zero-order chi connectivity index (χ0) is 18.4. The van der Waals surface area contributed by atoms with Crippen molar-refractivity contribution in [1.29, 1.82) is 0 Å². The number of carbonyl (C=O) groups is 2. The van der Waals surface area contributed by atoms with Crippen LogP contribution in [0.5, 0.6) is 0 Å². The fraction of sp³-hybridized carbons (Fsp3) is 0.389. The molecule has 0 atom stereocenters. The van der Waals surface area contributed by atoms with E-state index in [-0.39, 0.29) is 30.6 Å². The molecule has 138 valence electrons. The Morgan fingerprint density at radius 3 is 2.85 bits per heavy atom. The first-order valence-corrected chi connectivity index (χ1v) is 9.39. The Balaban J connectivity index is 1.44. The van der Waals surface area contributed by atoms with Gasteiger partial charge in [0, 0.05) is 11.1 Å². The zero-order valence-electron chi connectivity index (χ0n) is 14.3. The highest BCUT2D eigenvalue weighted by Crippen LogP contribution is 2.31.